The molecule has 0 bridgehead atoms. The zero-order chi connectivity index (χ0) is 13.1. The van der Waals surface area contributed by atoms with E-state index in [1.54, 1.807) is 6.92 Å². The van der Waals surface area contributed by atoms with Crippen LogP contribution in [-0.2, 0) is 4.74 Å². The summed E-state index contributed by atoms with van der Waals surface area (Å²) >= 11 is 0. The Kier molecular flexibility index (Phi) is 3.27. The lowest BCUT2D eigenvalue weighted by atomic mass is 10.1. The molecule has 0 aliphatic heterocycles. The van der Waals surface area contributed by atoms with Crippen molar-refractivity contribution in [2.24, 2.45) is 0 Å². The molecular weight excluding hydrogens is 239 g/mol. The number of halogens is 1. The maximum absolute atomic E-state index is 12.8. The summed E-state index contributed by atoms with van der Waals surface area (Å²) in [4.78, 5) is 11.5. The van der Waals surface area contributed by atoms with Crippen molar-refractivity contribution in [3.05, 3.63) is 35.8 Å². The third-order valence-corrected chi connectivity index (χ3v) is 2.31. The smallest absolute Gasteiger partial charge is 0.379 e. The lowest BCUT2D eigenvalue weighted by Crippen LogP contribution is -2.06. The monoisotopic (exact) mass is 250 g/mol. The Morgan fingerprint density at radius 3 is 2.72 bits per heavy atom. The van der Waals surface area contributed by atoms with E-state index in [9.17, 15) is 9.18 Å². The van der Waals surface area contributed by atoms with E-state index in [2.05, 4.69) is 5.16 Å². The first-order valence-electron chi connectivity index (χ1n) is 5.31. The molecular formula is C12H11FN2O3. The van der Waals surface area contributed by atoms with Crippen molar-refractivity contribution < 1.29 is 18.4 Å². The van der Waals surface area contributed by atoms with Gasteiger partial charge in [-0.1, -0.05) is 5.16 Å². The number of nitrogen functional groups attached to an aromatic ring is 1. The predicted molar refractivity (Wildman–Crippen MR) is 62.3 cm³/mol. The van der Waals surface area contributed by atoms with Gasteiger partial charge in [0, 0.05) is 5.56 Å². The number of nitrogens with two attached hydrogens (primary N) is 1. The second kappa shape index (κ2) is 4.87. The standard InChI is InChI=1S/C12H11FN2O3/c1-2-17-12(16)11-9(14)10(15-18-11)7-3-5-8(13)6-4-7/h3-6H,2,14H2,1H3. The molecule has 0 aliphatic carbocycles. The molecule has 2 N–H and O–H groups in total. The summed E-state index contributed by atoms with van der Waals surface area (Å²) in [7, 11) is 0. The average molecular weight is 250 g/mol. The van der Waals surface area contributed by atoms with Gasteiger partial charge in [0.1, 0.15) is 17.2 Å². The molecule has 0 atom stereocenters. The van der Waals surface area contributed by atoms with Crippen molar-refractivity contribution in [3.63, 3.8) is 0 Å². The van der Waals surface area contributed by atoms with E-state index in [0.29, 0.717) is 5.56 Å². The van der Waals surface area contributed by atoms with Gasteiger partial charge < -0.3 is 15.0 Å². The highest BCUT2D eigenvalue weighted by atomic mass is 19.1. The minimum Gasteiger partial charge on any atom is -0.460 e. The SMILES string of the molecule is CCOC(=O)c1onc(-c2ccc(F)cc2)c1N. The highest BCUT2D eigenvalue weighted by molar-refractivity contribution is 5.95. The molecule has 2 rings (SSSR count). The maximum Gasteiger partial charge on any atom is 0.379 e. The molecule has 5 nitrogen and oxygen atoms in total. The van der Waals surface area contributed by atoms with E-state index in [1.165, 1.54) is 24.3 Å². The van der Waals surface area contributed by atoms with Gasteiger partial charge in [0.15, 0.2) is 0 Å². The van der Waals surface area contributed by atoms with Gasteiger partial charge >= 0.3 is 5.97 Å². The van der Waals surface area contributed by atoms with E-state index in [1.807, 2.05) is 0 Å². The van der Waals surface area contributed by atoms with Gasteiger partial charge in [-0.05, 0) is 31.2 Å². The first kappa shape index (κ1) is 12.1. The van der Waals surface area contributed by atoms with Crippen molar-refractivity contribution in [1.29, 1.82) is 0 Å². The van der Waals surface area contributed by atoms with E-state index in [-0.39, 0.29) is 29.6 Å². The number of hydrogen-bond donors (Lipinski definition) is 1. The van der Waals surface area contributed by atoms with Crippen molar-refractivity contribution in [1.82, 2.24) is 5.16 Å². The molecule has 94 valence electrons. The Morgan fingerprint density at radius 2 is 2.11 bits per heavy atom. The van der Waals surface area contributed by atoms with Crippen LogP contribution in [0.5, 0.6) is 0 Å². The van der Waals surface area contributed by atoms with Crippen LogP contribution < -0.4 is 5.73 Å². The third kappa shape index (κ3) is 2.17. The van der Waals surface area contributed by atoms with Crippen LogP contribution in [-0.4, -0.2) is 17.7 Å². The number of nitrogens with zero attached hydrogens (tertiary/aromatic N) is 1. The number of benzene rings is 1. The van der Waals surface area contributed by atoms with Crippen LogP contribution in [0.15, 0.2) is 28.8 Å². The van der Waals surface area contributed by atoms with Crippen LogP contribution in [0, 0.1) is 5.82 Å². The Hall–Kier alpha value is -2.37. The molecule has 1 aromatic carbocycles. The van der Waals surface area contributed by atoms with Crippen LogP contribution >= 0.6 is 0 Å². The lowest BCUT2D eigenvalue weighted by Gasteiger charge is -1.99. The molecule has 0 aliphatic rings. The Morgan fingerprint density at radius 1 is 1.44 bits per heavy atom. The first-order chi connectivity index (χ1) is 8.63. The van der Waals surface area contributed by atoms with Gasteiger partial charge in [0.2, 0.25) is 0 Å². The molecule has 6 heteroatoms. The zero-order valence-electron chi connectivity index (χ0n) is 9.64. The van der Waals surface area contributed by atoms with Crippen molar-refractivity contribution in [2.45, 2.75) is 6.92 Å². The number of rotatable bonds is 3. The summed E-state index contributed by atoms with van der Waals surface area (Å²) in [5.41, 5.74) is 6.69. The fraction of sp³-hybridized carbons (Fsp3) is 0.167. The number of ether oxygens (including phenoxy) is 1. The molecule has 2 aromatic rings. The largest absolute Gasteiger partial charge is 0.460 e. The van der Waals surface area contributed by atoms with Crippen LogP contribution in [0.1, 0.15) is 17.5 Å². The van der Waals surface area contributed by atoms with Crippen LogP contribution in [0.2, 0.25) is 0 Å². The van der Waals surface area contributed by atoms with Gasteiger partial charge in [0.25, 0.3) is 5.76 Å². The van der Waals surface area contributed by atoms with E-state index >= 15 is 0 Å². The van der Waals surface area contributed by atoms with Crippen LogP contribution in [0.25, 0.3) is 11.3 Å². The summed E-state index contributed by atoms with van der Waals surface area (Å²) < 4.78 is 22.4. The van der Waals surface area contributed by atoms with E-state index in [4.69, 9.17) is 15.0 Å². The average Bonchev–Trinajstić information content (AvgIpc) is 2.73. The third-order valence-electron chi connectivity index (χ3n) is 2.31. The number of anilines is 1. The molecule has 0 unspecified atom stereocenters. The van der Waals surface area contributed by atoms with Gasteiger partial charge in [0.05, 0.1) is 6.61 Å². The fourth-order valence-corrected chi connectivity index (χ4v) is 1.46. The molecule has 18 heavy (non-hydrogen) atoms. The highest BCUT2D eigenvalue weighted by Crippen LogP contribution is 2.28. The summed E-state index contributed by atoms with van der Waals surface area (Å²) in [5.74, 6) is -1.18. The predicted octanol–water partition coefficient (Wildman–Crippen LogP) is 2.24. The minimum absolute atomic E-state index is 0.0834. The van der Waals surface area contributed by atoms with Gasteiger partial charge in [-0.3, -0.25) is 0 Å². The first-order valence-corrected chi connectivity index (χ1v) is 5.31. The quantitative estimate of drug-likeness (QED) is 0.845. The van der Waals surface area contributed by atoms with Gasteiger partial charge in [-0.15, -0.1) is 0 Å². The second-order valence-corrected chi connectivity index (χ2v) is 3.50. The molecule has 1 aromatic heterocycles. The number of esters is 1. The van der Waals surface area contributed by atoms with Gasteiger partial charge in [-0.25, -0.2) is 9.18 Å². The lowest BCUT2D eigenvalue weighted by molar-refractivity contribution is 0.0481. The molecule has 0 amide bonds. The molecule has 0 radical (unpaired) electrons. The van der Waals surface area contributed by atoms with E-state index in [0.717, 1.165) is 0 Å². The summed E-state index contributed by atoms with van der Waals surface area (Å²) in [6.45, 7) is 1.89. The molecule has 1 heterocycles. The molecule has 0 saturated carbocycles. The second-order valence-electron chi connectivity index (χ2n) is 3.50. The minimum atomic E-state index is -0.670. The van der Waals surface area contributed by atoms with Gasteiger partial charge in [-0.2, -0.15) is 0 Å². The topological polar surface area (TPSA) is 78.3 Å². The Balaban J connectivity index is 2.36. The number of aromatic nitrogens is 1. The van der Waals surface area contributed by atoms with Crippen molar-refractivity contribution in [3.8, 4) is 11.3 Å². The normalized spacial score (nSPS) is 10.3. The van der Waals surface area contributed by atoms with Crippen molar-refractivity contribution in [2.75, 3.05) is 12.3 Å². The summed E-state index contributed by atoms with van der Waals surface area (Å²) in [6, 6.07) is 5.54. The zero-order valence-corrected chi connectivity index (χ0v) is 9.64. The van der Waals surface area contributed by atoms with Crippen LogP contribution in [0.4, 0.5) is 10.1 Å². The number of carbonyl (C=O) groups excluding carboxylic acids is 1. The highest BCUT2D eigenvalue weighted by Gasteiger charge is 2.21. The molecule has 0 spiro atoms. The van der Waals surface area contributed by atoms with E-state index < -0.39 is 5.97 Å². The van der Waals surface area contributed by atoms with Crippen molar-refractivity contribution >= 4 is 11.7 Å². The Labute approximate surface area is 102 Å². The fourth-order valence-electron chi connectivity index (χ4n) is 1.46. The molecule has 0 fully saturated rings. The Bertz CT molecular complexity index is 563. The van der Waals surface area contributed by atoms with Crippen LogP contribution in [0.3, 0.4) is 0 Å². The summed E-state index contributed by atoms with van der Waals surface area (Å²) in [6.07, 6.45) is 0. The molecule has 0 saturated heterocycles. The number of hydrogen-bond acceptors (Lipinski definition) is 5. The summed E-state index contributed by atoms with van der Waals surface area (Å²) in [5, 5.41) is 3.70. The number of carbonyl (C=O) groups is 1. The maximum atomic E-state index is 12.8.